The molecule has 21 heavy (non-hydrogen) atoms. The van der Waals surface area contributed by atoms with Crippen molar-refractivity contribution < 1.29 is 9.53 Å². The Bertz CT molecular complexity index is 680. The van der Waals surface area contributed by atoms with Gasteiger partial charge in [-0.25, -0.2) is 4.79 Å². The molecular weight excluding hydrogens is 290 g/mol. The molecule has 1 heterocycles. The van der Waals surface area contributed by atoms with Crippen molar-refractivity contribution in [2.45, 2.75) is 26.9 Å². The second kappa shape index (κ2) is 6.18. The van der Waals surface area contributed by atoms with Gasteiger partial charge in [-0.2, -0.15) is 5.10 Å². The van der Waals surface area contributed by atoms with Crippen molar-refractivity contribution in [3.8, 4) is 0 Å². The molecule has 0 aliphatic rings. The zero-order chi connectivity index (χ0) is 15.6. The minimum Gasteiger partial charge on any atom is -0.456 e. The number of nitrogens with two attached hydrogens (primary N) is 1. The van der Waals surface area contributed by atoms with Gasteiger partial charge < -0.3 is 10.5 Å². The van der Waals surface area contributed by atoms with E-state index in [0.29, 0.717) is 22.8 Å². The summed E-state index contributed by atoms with van der Waals surface area (Å²) in [5.74, 6) is -0.501. The highest BCUT2D eigenvalue weighted by Crippen LogP contribution is 2.21. The van der Waals surface area contributed by atoms with Gasteiger partial charge in [0.2, 0.25) is 0 Å². The summed E-state index contributed by atoms with van der Waals surface area (Å²) in [6.45, 7) is 3.98. The summed E-state index contributed by atoms with van der Waals surface area (Å²) in [5.41, 5.74) is 9.08. The number of carbonyl (C=O) groups excluding carboxylic acids is 1. The number of ether oxygens (including phenoxy) is 1. The third-order valence-electron chi connectivity index (χ3n) is 3.26. The van der Waals surface area contributed by atoms with E-state index in [9.17, 15) is 4.79 Å². The average molecular weight is 308 g/mol. The van der Waals surface area contributed by atoms with Gasteiger partial charge in [-0.15, -0.1) is 0 Å². The van der Waals surface area contributed by atoms with Gasteiger partial charge in [0.1, 0.15) is 6.61 Å². The quantitative estimate of drug-likeness (QED) is 0.882. The van der Waals surface area contributed by atoms with E-state index < -0.39 is 5.97 Å². The Morgan fingerprint density at radius 3 is 2.76 bits per heavy atom. The Hall–Kier alpha value is -2.01. The third kappa shape index (κ3) is 3.19. The lowest BCUT2D eigenvalue weighted by atomic mass is 10.1. The number of benzene rings is 1. The van der Waals surface area contributed by atoms with Crippen LogP contribution in [0.2, 0.25) is 5.02 Å². The molecule has 0 aliphatic carbocycles. The molecular formula is C15H18ClN3O2. The number of esters is 1. The van der Waals surface area contributed by atoms with Crippen molar-refractivity contribution in [1.82, 2.24) is 9.78 Å². The van der Waals surface area contributed by atoms with Gasteiger partial charge in [0, 0.05) is 17.6 Å². The van der Waals surface area contributed by atoms with Crippen LogP contribution in [0.15, 0.2) is 18.2 Å². The Kier molecular flexibility index (Phi) is 4.53. The number of rotatable bonds is 4. The number of nitrogen functional groups attached to an aromatic ring is 1. The number of halogens is 1. The summed E-state index contributed by atoms with van der Waals surface area (Å²) in [6, 6.07) is 5.59. The lowest BCUT2D eigenvalue weighted by Crippen LogP contribution is -2.12. The molecule has 0 spiro atoms. The number of anilines is 1. The van der Waals surface area contributed by atoms with Crippen LogP contribution in [-0.4, -0.2) is 15.7 Å². The van der Waals surface area contributed by atoms with Gasteiger partial charge in [-0.1, -0.05) is 30.7 Å². The van der Waals surface area contributed by atoms with Gasteiger partial charge >= 0.3 is 5.97 Å². The van der Waals surface area contributed by atoms with E-state index in [1.54, 1.807) is 7.05 Å². The Labute approximate surface area is 128 Å². The number of hydrogen-bond donors (Lipinski definition) is 1. The smallest absolute Gasteiger partial charge is 0.359 e. The number of nitrogens with zero attached hydrogens (tertiary/aromatic N) is 2. The molecule has 2 N–H and O–H groups in total. The molecule has 0 fully saturated rings. The number of aromatic nitrogens is 2. The lowest BCUT2D eigenvalue weighted by Gasteiger charge is -2.08. The highest BCUT2D eigenvalue weighted by Gasteiger charge is 2.20. The molecule has 0 bridgehead atoms. The largest absolute Gasteiger partial charge is 0.456 e. The molecule has 1 aromatic heterocycles. The minimum atomic E-state index is -0.501. The van der Waals surface area contributed by atoms with Crippen LogP contribution in [0.25, 0.3) is 0 Å². The highest BCUT2D eigenvalue weighted by atomic mass is 35.5. The monoisotopic (exact) mass is 307 g/mol. The molecule has 0 unspecified atom stereocenters. The normalized spacial score (nSPS) is 10.7. The van der Waals surface area contributed by atoms with Crippen LogP contribution in [0.4, 0.5) is 5.69 Å². The van der Waals surface area contributed by atoms with Crippen molar-refractivity contribution >= 4 is 23.3 Å². The molecule has 2 aromatic rings. The number of carbonyl (C=O) groups is 1. The second-order valence-corrected chi connectivity index (χ2v) is 5.26. The molecule has 0 atom stereocenters. The van der Waals surface area contributed by atoms with E-state index in [1.807, 2.05) is 32.0 Å². The Morgan fingerprint density at radius 2 is 2.19 bits per heavy atom. The molecule has 5 nitrogen and oxygen atoms in total. The fourth-order valence-corrected chi connectivity index (χ4v) is 2.37. The maximum Gasteiger partial charge on any atom is 0.359 e. The van der Waals surface area contributed by atoms with E-state index in [0.717, 1.165) is 11.1 Å². The van der Waals surface area contributed by atoms with E-state index in [1.165, 1.54) is 4.68 Å². The molecule has 2 rings (SSSR count). The molecule has 0 aliphatic heterocycles. The third-order valence-corrected chi connectivity index (χ3v) is 3.61. The predicted octanol–water partition coefficient (Wildman–Crippen LogP) is 2.88. The SMILES string of the molecule is CCc1nn(C)c(C(=O)OCc2ccc(C)cc2Cl)c1N. The van der Waals surface area contributed by atoms with Crippen molar-refractivity contribution in [3.05, 3.63) is 45.7 Å². The second-order valence-electron chi connectivity index (χ2n) is 4.86. The maximum absolute atomic E-state index is 12.2. The van der Waals surface area contributed by atoms with E-state index in [-0.39, 0.29) is 12.3 Å². The van der Waals surface area contributed by atoms with Crippen LogP contribution >= 0.6 is 11.6 Å². The summed E-state index contributed by atoms with van der Waals surface area (Å²) in [7, 11) is 1.67. The van der Waals surface area contributed by atoms with E-state index >= 15 is 0 Å². The summed E-state index contributed by atoms with van der Waals surface area (Å²) < 4.78 is 6.74. The van der Waals surface area contributed by atoms with E-state index in [4.69, 9.17) is 22.1 Å². The van der Waals surface area contributed by atoms with Crippen LogP contribution in [0.1, 0.15) is 34.2 Å². The van der Waals surface area contributed by atoms with Gasteiger partial charge in [0.15, 0.2) is 5.69 Å². The van der Waals surface area contributed by atoms with Gasteiger partial charge in [-0.05, 0) is 25.0 Å². The first-order valence-corrected chi connectivity index (χ1v) is 7.05. The average Bonchev–Trinajstić information content (AvgIpc) is 2.72. The number of hydrogen-bond acceptors (Lipinski definition) is 4. The first-order valence-electron chi connectivity index (χ1n) is 6.67. The molecule has 0 amide bonds. The lowest BCUT2D eigenvalue weighted by molar-refractivity contribution is 0.0461. The minimum absolute atomic E-state index is 0.101. The predicted molar refractivity (Wildman–Crippen MR) is 82.3 cm³/mol. The van der Waals surface area contributed by atoms with Crippen LogP contribution in [0.5, 0.6) is 0 Å². The van der Waals surface area contributed by atoms with Crippen molar-refractivity contribution in [1.29, 1.82) is 0 Å². The fraction of sp³-hybridized carbons (Fsp3) is 0.333. The molecule has 0 saturated carbocycles. The van der Waals surface area contributed by atoms with Crippen molar-refractivity contribution in [2.75, 3.05) is 5.73 Å². The maximum atomic E-state index is 12.2. The zero-order valence-electron chi connectivity index (χ0n) is 12.3. The topological polar surface area (TPSA) is 70.1 Å². The summed E-state index contributed by atoms with van der Waals surface area (Å²) in [5, 5.41) is 4.78. The van der Waals surface area contributed by atoms with Crippen LogP contribution < -0.4 is 5.73 Å². The first kappa shape index (κ1) is 15.4. The summed E-state index contributed by atoms with van der Waals surface area (Å²) in [6.07, 6.45) is 0.663. The molecule has 0 radical (unpaired) electrons. The van der Waals surface area contributed by atoms with E-state index in [2.05, 4.69) is 5.10 Å². The first-order chi connectivity index (χ1) is 9.93. The molecule has 0 saturated heterocycles. The molecule has 1 aromatic carbocycles. The summed E-state index contributed by atoms with van der Waals surface area (Å²) in [4.78, 5) is 12.2. The highest BCUT2D eigenvalue weighted by molar-refractivity contribution is 6.31. The van der Waals surface area contributed by atoms with Crippen LogP contribution in [0.3, 0.4) is 0 Å². The summed E-state index contributed by atoms with van der Waals surface area (Å²) >= 11 is 6.11. The standard InChI is InChI=1S/C15H18ClN3O2/c1-4-12-13(17)14(19(3)18-12)15(20)21-8-10-6-5-9(2)7-11(10)16/h5-7H,4,8,17H2,1-3H3. The molecule has 6 heteroatoms. The Balaban J connectivity index is 2.14. The Morgan fingerprint density at radius 1 is 1.48 bits per heavy atom. The van der Waals surface area contributed by atoms with Gasteiger partial charge in [-0.3, -0.25) is 4.68 Å². The van der Waals surface area contributed by atoms with Crippen molar-refractivity contribution in [3.63, 3.8) is 0 Å². The number of aryl methyl sites for hydroxylation is 3. The van der Waals surface area contributed by atoms with Crippen LogP contribution in [0, 0.1) is 6.92 Å². The van der Waals surface area contributed by atoms with Gasteiger partial charge in [0.05, 0.1) is 11.4 Å². The fourth-order valence-electron chi connectivity index (χ4n) is 2.08. The zero-order valence-corrected chi connectivity index (χ0v) is 13.1. The molecule has 112 valence electrons. The van der Waals surface area contributed by atoms with Gasteiger partial charge in [0.25, 0.3) is 0 Å². The van der Waals surface area contributed by atoms with Crippen LogP contribution in [-0.2, 0) is 24.8 Å². The van der Waals surface area contributed by atoms with Crippen molar-refractivity contribution in [2.24, 2.45) is 7.05 Å².